The predicted octanol–water partition coefficient (Wildman–Crippen LogP) is 1.20. The van der Waals surface area contributed by atoms with Crippen LogP contribution in [0.4, 0.5) is 14.5 Å². The molecule has 4 nitrogen and oxygen atoms in total. The standard InChI is InChI=1S/C13H17F2N3O/c1-16-10-4-5-18(7-10)8-13(19)17-12-3-2-9(14)6-11(12)15/h2-3,6,10,16H,4-5,7-8H2,1H3,(H,17,19). The van der Waals surface area contributed by atoms with Crippen LogP contribution >= 0.6 is 0 Å². The van der Waals surface area contributed by atoms with E-state index in [0.717, 1.165) is 31.6 Å². The SMILES string of the molecule is CNC1CCN(CC(=O)Nc2ccc(F)cc2F)C1. The van der Waals surface area contributed by atoms with Crippen molar-refractivity contribution < 1.29 is 13.6 Å². The Hall–Kier alpha value is -1.53. The third-order valence-electron chi connectivity index (χ3n) is 3.25. The Balaban J connectivity index is 1.87. The summed E-state index contributed by atoms with van der Waals surface area (Å²) in [6, 6.07) is 3.49. The highest BCUT2D eigenvalue weighted by atomic mass is 19.1. The summed E-state index contributed by atoms with van der Waals surface area (Å²) in [7, 11) is 1.89. The molecule has 0 aliphatic carbocycles. The largest absolute Gasteiger partial charge is 0.322 e. The lowest BCUT2D eigenvalue weighted by atomic mass is 10.3. The number of rotatable bonds is 4. The van der Waals surface area contributed by atoms with Crippen LogP contribution in [0.25, 0.3) is 0 Å². The minimum atomic E-state index is -0.761. The molecule has 1 heterocycles. The summed E-state index contributed by atoms with van der Waals surface area (Å²) in [5.41, 5.74) is 0.00997. The number of carbonyl (C=O) groups is 1. The molecule has 0 bridgehead atoms. The second-order valence-electron chi connectivity index (χ2n) is 4.68. The van der Waals surface area contributed by atoms with Gasteiger partial charge in [0.2, 0.25) is 5.91 Å². The van der Waals surface area contributed by atoms with Gasteiger partial charge >= 0.3 is 0 Å². The van der Waals surface area contributed by atoms with E-state index in [-0.39, 0.29) is 18.1 Å². The van der Waals surface area contributed by atoms with E-state index in [0.29, 0.717) is 6.04 Å². The maximum absolute atomic E-state index is 13.4. The number of hydrogen-bond acceptors (Lipinski definition) is 3. The van der Waals surface area contributed by atoms with Gasteiger partial charge < -0.3 is 10.6 Å². The maximum Gasteiger partial charge on any atom is 0.238 e. The van der Waals surface area contributed by atoms with Gasteiger partial charge in [-0.25, -0.2) is 8.78 Å². The Morgan fingerprint density at radius 2 is 2.26 bits per heavy atom. The second-order valence-corrected chi connectivity index (χ2v) is 4.68. The highest BCUT2D eigenvalue weighted by Crippen LogP contribution is 2.15. The van der Waals surface area contributed by atoms with E-state index in [1.54, 1.807) is 0 Å². The zero-order chi connectivity index (χ0) is 13.8. The fraction of sp³-hybridized carbons (Fsp3) is 0.462. The predicted molar refractivity (Wildman–Crippen MR) is 68.9 cm³/mol. The van der Waals surface area contributed by atoms with Gasteiger partial charge in [-0.3, -0.25) is 9.69 Å². The van der Waals surface area contributed by atoms with Crippen LogP contribution in [-0.4, -0.2) is 43.5 Å². The molecule has 1 amide bonds. The molecule has 0 aromatic heterocycles. The minimum Gasteiger partial charge on any atom is -0.322 e. The number of halogens is 2. The molecule has 19 heavy (non-hydrogen) atoms. The van der Waals surface area contributed by atoms with Gasteiger partial charge in [-0.2, -0.15) is 0 Å². The van der Waals surface area contributed by atoms with Gasteiger partial charge in [-0.15, -0.1) is 0 Å². The highest BCUT2D eigenvalue weighted by Gasteiger charge is 2.22. The van der Waals surface area contributed by atoms with Gasteiger partial charge in [-0.1, -0.05) is 0 Å². The third-order valence-corrected chi connectivity index (χ3v) is 3.25. The van der Waals surface area contributed by atoms with Crippen LogP contribution in [0.5, 0.6) is 0 Å². The van der Waals surface area contributed by atoms with Crippen molar-refractivity contribution in [1.82, 2.24) is 10.2 Å². The number of likely N-dealkylation sites (tertiary alicyclic amines) is 1. The monoisotopic (exact) mass is 269 g/mol. The lowest BCUT2D eigenvalue weighted by molar-refractivity contribution is -0.117. The molecule has 0 saturated carbocycles. The van der Waals surface area contributed by atoms with Crippen molar-refractivity contribution in [2.24, 2.45) is 0 Å². The fourth-order valence-corrected chi connectivity index (χ4v) is 2.20. The summed E-state index contributed by atoms with van der Waals surface area (Å²) in [6.07, 6.45) is 0.995. The van der Waals surface area contributed by atoms with E-state index in [2.05, 4.69) is 10.6 Å². The first-order chi connectivity index (χ1) is 9.08. The van der Waals surface area contributed by atoms with Gasteiger partial charge in [0.05, 0.1) is 12.2 Å². The lowest BCUT2D eigenvalue weighted by Gasteiger charge is -2.15. The molecule has 1 atom stereocenters. The normalized spacial score (nSPS) is 19.6. The quantitative estimate of drug-likeness (QED) is 0.863. The van der Waals surface area contributed by atoms with E-state index >= 15 is 0 Å². The number of hydrogen-bond donors (Lipinski definition) is 2. The number of nitrogens with zero attached hydrogens (tertiary/aromatic N) is 1. The summed E-state index contributed by atoms with van der Waals surface area (Å²) >= 11 is 0. The fourth-order valence-electron chi connectivity index (χ4n) is 2.20. The summed E-state index contributed by atoms with van der Waals surface area (Å²) in [4.78, 5) is 13.8. The molecule has 1 aromatic rings. The summed E-state index contributed by atoms with van der Waals surface area (Å²) in [5.74, 6) is -1.71. The average molecular weight is 269 g/mol. The highest BCUT2D eigenvalue weighted by molar-refractivity contribution is 5.92. The number of anilines is 1. The zero-order valence-corrected chi connectivity index (χ0v) is 10.7. The first-order valence-electron chi connectivity index (χ1n) is 6.23. The van der Waals surface area contributed by atoms with Gasteiger partial charge in [0.15, 0.2) is 0 Å². The van der Waals surface area contributed by atoms with E-state index in [1.165, 1.54) is 6.07 Å². The first kappa shape index (κ1) is 13.9. The first-order valence-corrected chi connectivity index (χ1v) is 6.23. The zero-order valence-electron chi connectivity index (χ0n) is 10.7. The van der Waals surface area contributed by atoms with Gasteiger partial charge in [0.1, 0.15) is 11.6 Å². The van der Waals surface area contributed by atoms with E-state index in [4.69, 9.17) is 0 Å². The molecule has 1 aliphatic heterocycles. The molecule has 1 unspecified atom stereocenters. The molecule has 1 fully saturated rings. The van der Waals surface area contributed by atoms with Gasteiger partial charge in [0.25, 0.3) is 0 Å². The maximum atomic E-state index is 13.4. The van der Waals surface area contributed by atoms with Crippen molar-refractivity contribution in [3.05, 3.63) is 29.8 Å². The van der Waals surface area contributed by atoms with Crippen molar-refractivity contribution in [1.29, 1.82) is 0 Å². The van der Waals surface area contributed by atoms with Crippen LogP contribution in [0.1, 0.15) is 6.42 Å². The summed E-state index contributed by atoms with van der Waals surface area (Å²) in [6.45, 7) is 1.86. The minimum absolute atomic E-state index is 0.00997. The molecule has 1 saturated heterocycles. The van der Waals surface area contributed by atoms with Crippen LogP contribution in [0, 0.1) is 11.6 Å². The van der Waals surface area contributed by atoms with Crippen LogP contribution < -0.4 is 10.6 Å². The smallest absolute Gasteiger partial charge is 0.238 e. The number of nitrogens with one attached hydrogen (secondary N) is 2. The Kier molecular flexibility index (Phi) is 4.44. The van der Waals surface area contributed by atoms with Crippen molar-refractivity contribution >= 4 is 11.6 Å². The molecule has 0 radical (unpaired) electrons. The molecule has 6 heteroatoms. The Morgan fingerprint density at radius 1 is 1.47 bits per heavy atom. The van der Waals surface area contributed by atoms with Crippen molar-refractivity contribution in [2.75, 3.05) is 32.0 Å². The number of carbonyl (C=O) groups excluding carboxylic acids is 1. The van der Waals surface area contributed by atoms with Crippen molar-refractivity contribution in [3.8, 4) is 0 Å². The molecular formula is C13H17F2N3O. The Bertz CT molecular complexity index is 467. The number of benzene rings is 1. The summed E-state index contributed by atoms with van der Waals surface area (Å²) in [5, 5.41) is 5.61. The number of likely N-dealkylation sites (N-methyl/N-ethyl adjacent to an activating group) is 1. The lowest BCUT2D eigenvalue weighted by Crippen LogP contribution is -2.34. The summed E-state index contributed by atoms with van der Waals surface area (Å²) < 4.78 is 26.1. The number of amides is 1. The van der Waals surface area contributed by atoms with Crippen LogP contribution in [0.2, 0.25) is 0 Å². The molecule has 2 N–H and O–H groups in total. The molecule has 1 aromatic carbocycles. The van der Waals surface area contributed by atoms with Crippen LogP contribution in [0.3, 0.4) is 0 Å². The van der Waals surface area contributed by atoms with Crippen molar-refractivity contribution in [2.45, 2.75) is 12.5 Å². The van der Waals surface area contributed by atoms with Gasteiger partial charge in [-0.05, 0) is 25.6 Å². The Labute approximate surface area is 110 Å². The molecular weight excluding hydrogens is 252 g/mol. The van der Waals surface area contributed by atoms with Crippen LogP contribution in [0.15, 0.2) is 18.2 Å². The van der Waals surface area contributed by atoms with E-state index in [1.807, 2.05) is 11.9 Å². The Morgan fingerprint density at radius 3 is 2.89 bits per heavy atom. The average Bonchev–Trinajstić information content (AvgIpc) is 2.80. The topological polar surface area (TPSA) is 44.4 Å². The second kappa shape index (κ2) is 6.08. The van der Waals surface area contributed by atoms with Crippen molar-refractivity contribution in [3.63, 3.8) is 0 Å². The van der Waals surface area contributed by atoms with E-state index in [9.17, 15) is 13.6 Å². The molecule has 0 spiro atoms. The van der Waals surface area contributed by atoms with Crippen LogP contribution in [-0.2, 0) is 4.79 Å². The molecule has 2 rings (SSSR count). The molecule has 1 aliphatic rings. The van der Waals surface area contributed by atoms with Gasteiger partial charge in [0, 0.05) is 25.2 Å². The molecule has 104 valence electrons. The van der Waals surface area contributed by atoms with E-state index < -0.39 is 11.6 Å². The third kappa shape index (κ3) is 3.71.